The standard InChI is InChI=1S/C7H12F3NO3S.2C2H6/c1-11-4-2-6(3-5-11)14-15(12,13)7(8,9)10;2*1-2/h6H,2-5H2,1H3;2*1-2H3. The zero-order chi connectivity index (χ0) is 15.7. The van der Waals surface area contributed by atoms with E-state index >= 15 is 0 Å². The molecule has 0 radical (unpaired) electrons. The quantitative estimate of drug-likeness (QED) is 0.581. The normalized spacial score (nSPS) is 17.9. The third-order valence-corrected chi connectivity index (χ3v) is 3.30. The molecular weight excluding hydrogens is 283 g/mol. The number of halogens is 3. The Balaban J connectivity index is 0. The van der Waals surface area contributed by atoms with Gasteiger partial charge in [0.1, 0.15) is 0 Å². The van der Waals surface area contributed by atoms with E-state index in [4.69, 9.17) is 0 Å². The Hall–Kier alpha value is -0.340. The van der Waals surface area contributed by atoms with Crippen LogP contribution in [-0.4, -0.2) is 45.1 Å². The van der Waals surface area contributed by atoms with Crippen molar-refractivity contribution in [2.75, 3.05) is 20.1 Å². The zero-order valence-electron chi connectivity index (χ0n) is 12.1. The first-order chi connectivity index (χ1) is 8.72. The van der Waals surface area contributed by atoms with Gasteiger partial charge in [-0.15, -0.1) is 0 Å². The predicted octanol–water partition coefficient (Wildman–Crippen LogP) is 3.00. The maximum atomic E-state index is 11.9. The molecule has 118 valence electrons. The Labute approximate surface area is 114 Å². The molecule has 0 aromatic carbocycles. The molecule has 1 saturated heterocycles. The van der Waals surface area contributed by atoms with Crippen molar-refractivity contribution in [3.63, 3.8) is 0 Å². The zero-order valence-corrected chi connectivity index (χ0v) is 12.9. The molecule has 19 heavy (non-hydrogen) atoms. The van der Waals surface area contributed by atoms with E-state index in [1.54, 1.807) is 0 Å². The van der Waals surface area contributed by atoms with Gasteiger partial charge in [-0.05, 0) is 19.9 Å². The highest BCUT2D eigenvalue weighted by Crippen LogP contribution is 2.27. The average Bonchev–Trinajstić information content (AvgIpc) is 2.35. The summed E-state index contributed by atoms with van der Waals surface area (Å²) in [6, 6.07) is 0. The monoisotopic (exact) mass is 307 g/mol. The van der Waals surface area contributed by atoms with Gasteiger partial charge in [0.2, 0.25) is 0 Å². The molecular formula is C11H24F3NO3S. The highest BCUT2D eigenvalue weighted by molar-refractivity contribution is 7.87. The first-order valence-electron chi connectivity index (χ1n) is 6.40. The number of likely N-dealkylation sites (tertiary alicyclic amines) is 1. The van der Waals surface area contributed by atoms with Crippen LogP contribution in [-0.2, 0) is 14.3 Å². The fourth-order valence-corrected chi connectivity index (χ4v) is 1.97. The van der Waals surface area contributed by atoms with Crippen LogP contribution in [0.2, 0.25) is 0 Å². The number of hydrogen-bond donors (Lipinski definition) is 0. The van der Waals surface area contributed by atoms with Crippen molar-refractivity contribution < 1.29 is 25.8 Å². The molecule has 1 rings (SSSR count). The molecule has 0 aliphatic carbocycles. The van der Waals surface area contributed by atoms with Gasteiger partial charge in [-0.25, -0.2) is 0 Å². The van der Waals surface area contributed by atoms with E-state index in [1.807, 2.05) is 39.6 Å². The van der Waals surface area contributed by atoms with Crippen molar-refractivity contribution in [1.29, 1.82) is 0 Å². The average molecular weight is 307 g/mol. The molecule has 8 heteroatoms. The van der Waals surface area contributed by atoms with Crippen molar-refractivity contribution in [2.45, 2.75) is 52.1 Å². The Morgan fingerprint density at radius 1 is 1.05 bits per heavy atom. The van der Waals surface area contributed by atoms with Gasteiger partial charge in [0.25, 0.3) is 0 Å². The van der Waals surface area contributed by atoms with Gasteiger partial charge in [0.05, 0.1) is 6.10 Å². The lowest BCUT2D eigenvalue weighted by Crippen LogP contribution is -2.38. The SMILES string of the molecule is CC.CC.CN1CCC(OS(=O)(=O)C(F)(F)F)CC1. The molecule has 0 bridgehead atoms. The Kier molecular flexibility index (Phi) is 10.5. The second-order valence-electron chi connectivity index (χ2n) is 3.50. The third-order valence-electron chi connectivity index (χ3n) is 2.21. The minimum Gasteiger partial charge on any atom is -0.306 e. The summed E-state index contributed by atoms with van der Waals surface area (Å²) in [5.74, 6) is 0. The Bertz CT molecular complexity index is 310. The summed E-state index contributed by atoms with van der Waals surface area (Å²) in [5, 5.41) is 0. The molecule has 1 aliphatic heterocycles. The van der Waals surface area contributed by atoms with Gasteiger partial charge in [0.15, 0.2) is 0 Å². The second kappa shape index (κ2) is 9.55. The van der Waals surface area contributed by atoms with Gasteiger partial charge in [-0.3, -0.25) is 4.18 Å². The van der Waals surface area contributed by atoms with Crippen LogP contribution < -0.4 is 0 Å². The van der Waals surface area contributed by atoms with Crippen LogP contribution in [0, 0.1) is 0 Å². The Morgan fingerprint density at radius 2 is 1.42 bits per heavy atom. The molecule has 0 saturated carbocycles. The summed E-state index contributed by atoms with van der Waals surface area (Å²) in [5.41, 5.74) is -5.32. The van der Waals surface area contributed by atoms with E-state index in [2.05, 4.69) is 4.18 Å². The maximum absolute atomic E-state index is 11.9. The van der Waals surface area contributed by atoms with Gasteiger partial charge in [-0.2, -0.15) is 21.6 Å². The van der Waals surface area contributed by atoms with Gasteiger partial charge in [0, 0.05) is 13.1 Å². The molecule has 0 spiro atoms. The van der Waals surface area contributed by atoms with Crippen LogP contribution in [0.5, 0.6) is 0 Å². The lowest BCUT2D eigenvalue weighted by molar-refractivity contribution is -0.0591. The molecule has 1 fully saturated rings. The highest BCUT2D eigenvalue weighted by atomic mass is 32.2. The van der Waals surface area contributed by atoms with E-state index in [9.17, 15) is 21.6 Å². The highest BCUT2D eigenvalue weighted by Gasteiger charge is 2.48. The molecule has 0 unspecified atom stereocenters. The molecule has 4 nitrogen and oxygen atoms in total. The van der Waals surface area contributed by atoms with Gasteiger partial charge >= 0.3 is 15.6 Å². The van der Waals surface area contributed by atoms with E-state index in [0.717, 1.165) is 0 Å². The Morgan fingerprint density at radius 3 is 1.74 bits per heavy atom. The third kappa shape index (κ3) is 7.74. The maximum Gasteiger partial charge on any atom is 0.523 e. The first-order valence-corrected chi connectivity index (χ1v) is 7.81. The molecule has 0 N–H and O–H groups in total. The summed E-state index contributed by atoms with van der Waals surface area (Å²) in [6.07, 6.45) is -0.259. The van der Waals surface area contributed by atoms with Crippen LogP contribution in [0.15, 0.2) is 0 Å². The predicted molar refractivity (Wildman–Crippen MR) is 69.3 cm³/mol. The van der Waals surface area contributed by atoms with Crippen LogP contribution in [0.4, 0.5) is 13.2 Å². The lowest BCUT2D eigenvalue weighted by Gasteiger charge is -2.28. The summed E-state index contributed by atoms with van der Waals surface area (Å²) in [7, 11) is -3.62. The fraction of sp³-hybridized carbons (Fsp3) is 1.00. The van der Waals surface area contributed by atoms with Crippen molar-refractivity contribution in [3.8, 4) is 0 Å². The van der Waals surface area contributed by atoms with Gasteiger partial charge in [-0.1, -0.05) is 27.7 Å². The van der Waals surface area contributed by atoms with Crippen LogP contribution in [0.3, 0.4) is 0 Å². The number of nitrogens with zero attached hydrogens (tertiary/aromatic N) is 1. The van der Waals surface area contributed by atoms with E-state index in [0.29, 0.717) is 25.9 Å². The van der Waals surface area contributed by atoms with E-state index < -0.39 is 21.7 Å². The molecule has 0 aromatic rings. The number of piperidine rings is 1. The molecule has 1 aliphatic rings. The molecule has 0 amide bonds. The first kappa shape index (κ1) is 21.0. The van der Waals surface area contributed by atoms with Gasteiger partial charge < -0.3 is 4.90 Å². The van der Waals surface area contributed by atoms with E-state index in [1.165, 1.54) is 0 Å². The largest absolute Gasteiger partial charge is 0.523 e. The summed E-state index contributed by atoms with van der Waals surface area (Å²) >= 11 is 0. The second-order valence-corrected chi connectivity index (χ2v) is 5.06. The van der Waals surface area contributed by atoms with Crippen molar-refractivity contribution in [2.24, 2.45) is 0 Å². The van der Waals surface area contributed by atoms with Crippen LogP contribution in [0.1, 0.15) is 40.5 Å². The molecule has 0 atom stereocenters. The molecule has 0 aromatic heterocycles. The number of alkyl halides is 3. The summed E-state index contributed by atoms with van der Waals surface area (Å²) in [6.45, 7) is 9.08. The van der Waals surface area contributed by atoms with Crippen LogP contribution >= 0.6 is 0 Å². The van der Waals surface area contributed by atoms with Crippen molar-refractivity contribution in [3.05, 3.63) is 0 Å². The number of rotatable bonds is 2. The summed E-state index contributed by atoms with van der Waals surface area (Å²) in [4.78, 5) is 1.90. The van der Waals surface area contributed by atoms with Crippen LogP contribution in [0.25, 0.3) is 0 Å². The smallest absolute Gasteiger partial charge is 0.306 e. The molecule has 1 heterocycles. The topological polar surface area (TPSA) is 46.6 Å². The number of hydrogen-bond acceptors (Lipinski definition) is 4. The minimum absolute atomic E-state index is 0.297. The lowest BCUT2D eigenvalue weighted by atomic mass is 10.1. The van der Waals surface area contributed by atoms with Crippen molar-refractivity contribution >= 4 is 10.1 Å². The minimum atomic E-state index is -5.43. The summed E-state index contributed by atoms with van der Waals surface area (Å²) < 4.78 is 61.2. The van der Waals surface area contributed by atoms with E-state index in [-0.39, 0.29) is 0 Å². The van der Waals surface area contributed by atoms with Crippen molar-refractivity contribution in [1.82, 2.24) is 4.90 Å². The fourth-order valence-electron chi connectivity index (χ4n) is 1.31.